The number of nitrogens with zero attached hydrogens (tertiary/aromatic N) is 1. The Kier molecular flexibility index (Phi) is 4.66. The first-order chi connectivity index (χ1) is 10.3. The molecule has 1 aliphatic heterocycles. The Bertz CT molecular complexity index is 522. The average Bonchev–Trinajstić information content (AvgIpc) is 2.46. The lowest BCUT2D eigenvalue weighted by atomic mass is 9.85. The molecule has 0 aliphatic carbocycles. The van der Waals surface area contributed by atoms with Crippen LogP contribution >= 0.6 is 0 Å². The van der Waals surface area contributed by atoms with Gasteiger partial charge in [-0.05, 0) is 51.3 Å². The van der Waals surface area contributed by atoms with Crippen LogP contribution < -0.4 is 5.73 Å². The molecule has 1 amide bonds. The van der Waals surface area contributed by atoms with E-state index in [2.05, 4.69) is 0 Å². The van der Waals surface area contributed by atoms with Gasteiger partial charge in [-0.3, -0.25) is 0 Å². The number of ether oxygens (including phenoxy) is 2. The molecule has 1 unspecified atom stereocenters. The largest absolute Gasteiger partial charge is 0.444 e. The van der Waals surface area contributed by atoms with Gasteiger partial charge in [-0.1, -0.05) is 12.1 Å². The third-order valence-electron chi connectivity index (χ3n) is 3.93. The molecule has 5 heteroatoms. The van der Waals surface area contributed by atoms with Gasteiger partial charge in [0.1, 0.15) is 11.2 Å². The first-order valence-electron chi connectivity index (χ1n) is 7.65. The van der Waals surface area contributed by atoms with Crippen molar-refractivity contribution in [1.82, 2.24) is 4.90 Å². The highest BCUT2D eigenvalue weighted by Gasteiger charge is 2.40. The van der Waals surface area contributed by atoms with Crippen LogP contribution in [0.15, 0.2) is 24.3 Å². The Balaban J connectivity index is 2.19. The Labute approximate surface area is 132 Å². The fourth-order valence-corrected chi connectivity index (χ4v) is 2.81. The smallest absolute Gasteiger partial charge is 0.410 e. The van der Waals surface area contributed by atoms with Crippen molar-refractivity contribution >= 4 is 11.8 Å². The monoisotopic (exact) mass is 306 g/mol. The molecule has 1 aromatic rings. The molecule has 0 saturated carbocycles. The second-order valence-electron chi connectivity index (χ2n) is 6.83. The number of hydrogen-bond acceptors (Lipinski definition) is 4. The minimum absolute atomic E-state index is 0.288. The second kappa shape index (κ2) is 6.16. The molecule has 1 heterocycles. The summed E-state index contributed by atoms with van der Waals surface area (Å²) in [6.07, 6.45) is 1.45. The second-order valence-corrected chi connectivity index (χ2v) is 6.83. The van der Waals surface area contributed by atoms with Crippen LogP contribution in [0, 0.1) is 0 Å². The molecule has 0 radical (unpaired) electrons. The number of anilines is 1. The van der Waals surface area contributed by atoms with Crippen molar-refractivity contribution in [3.63, 3.8) is 0 Å². The number of hydrogen-bond donors (Lipinski definition) is 1. The number of methoxy groups -OCH3 is 1. The number of likely N-dealkylation sites (tertiary alicyclic amines) is 1. The zero-order valence-corrected chi connectivity index (χ0v) is 13.9. The van der Waals surface area contributed by atoms with Crippen molar-refractivity contribution in [2.24, 2.45) is 0 Å². The van der Waals surface area contributed by atoms with Crippen LogP contribution in [-0.2, 0) is 15.1 Å². The van der Waals surface area contributed by atoms with Gasteiger partial charge >= 0.3 is 6.09 Å². The van der Waals surface area contributed by atoms with Gasteiger partial charge in [0.15, 0.2) is 0 Å². The van der Waals surface area contributed by atoms with Gasteiger partial charge < -0.3 is 20.1 Å². The number of amides is 1. The fraction of sp³-hybridized carbons (Fsp3) is 0.588. The predicted molar refractivity (Wildman–Crippen MR) is 86.6 cm³/mol. The molecule has 1 saturated heterocycles. The van der Waals surface area contributed by atoms with Gasteiger partial charge in [-0.2, -0.15) is 0 Å². The number of nitrogens with two attached hydrogens (primary N) is 1. The van der Waals surface area contributed by atoms with E-state index >= 15 is 0 Å². The molecule has 2 N–H and O–H groups in total. The van der Waals surface area contributed by atoms with Crippen molar-refractivity contribution in [1.29, 1.82) is 0 Å². The summed E-state index contributed by atoms with van der Waals surface area (Å²) >= 11 is 0. The van der Waals surface area contributed by atoms with Gasteiger partial charge in [0, 0.05) is 19.3 Å². The van der Waals surface area contributed by atoms with E-state index in [0.29, 0.717) is 13.1 Å². The molecule has 0 spiro atoms. The number of piperidine rings is 1. The van der Waals surface area contributed by atoms with E-state index < -0.39 is 11.2 Å². The molecule has 0 aromatic heterocycles. The number of carbonyl (C=O) groups excluding carboxylic acids is 1. The molecule has 1 fully saturated rings. The highest BCUT2D eigenvalue weighted by atomic mass is 16.6. The fourth-order valence-electron chi connectivity index (χ4n) is 2.81. The van der Waals surface area contributed by atoms with E-state index in [1.165, 1.54) is 0 Å². The third-order valence-corrected chi connectivity index (χ3v) is 3.93. The minimum atomic E-state index is -0.497. The minimum Gasteiger partial charge on any atom is -0.444 e. The molecule has 122 valence electrons. The van der Waals surface area contributed by atoms with Crippen molar-refractivity contribution < 1.29 is 14.3 Å². The number of rotatable bonds is 2. The van der Waals surface area contributed by atoms with Crippen LogP contribution in [0.4, 0.5) is 10.5 Å². The maximum absolute atomic E-state index is 12.3. The molecule has 22 heavy (non-hydrogen) atoms. The van der Waals surface area contributed by atoms with Crippen LogP contribution in [0.25, 0.3) is 0 Å². The topological polar surface area (TPSA) is 64.8 Å². The Hall–Kier alpha value is -1.75. The van der Waals surface area contributed by atoms with Crippen LogP contribution in [0.3, 0.4) is 0 Å². The van der Waals surface area contributed by atoms with Gasteiger partial charge in [0.05, 0.1) is 6.54 Å². The first kappa shape index (κ1) is 16.6. The summed E-state index contributed by atoms with van der Waals surface area (Å²) in [4.78, 5) is 14.1. The maximum atomic E-state index is 12.3. The molecule has 0 bridgehead atoms. The van der Waals surface area contributed by atoms with E-state index in [1.807, 2.05) is 45.0 Å². The molecule has 1 atom stereocenters. The normalized spacial score (nSPS) is 22.5. The zero-order chi connectivity index (χ0) is 16.4. The van der Waals surface area contributed by atoms with Crippen molar-refractivity contribution in [2.45, 2.75) is 44.8 Å². The van der Waals surface area contributed by atoms with Gasteiger partial charge in [0.2, 0.25) is 0 Å². The lowest BCUT2D eigenvalue weighted by Gasteiger charge is -2.42. The summed E-state index contributed by atoms with van der Waals surface area (Å²) in [6, 6.07) is 7.67. The summed E-state index contributed by atoms with van der Waals surface area (Å²) in [7, 11) is 1.69. The molecular weight excluding hydrogens is 280 g/mol. The zero-order valence-electron chi connectivity index (χ0n) is 13.9. The van der Waals surface area contributed by atoms with E-state index in [-0.39, 0.29) is 6.09 Å². The van der Waals surface area contributed by atoms with Crippen LogP contribution in [0.1, 0.15) is 39.2 Å². The lowest BCUT2D eigenvalue weighted by Crippen LogP contribution is -2.50. The number of benzene rings is 1. The number of nitrogen functional groups attached to an aromatic ring is 1. The van der Waals surface area contributed by atoms with Crippen LogP contribution in [0.2, 0.25) is 0 Å². The average molecular weight is 306 g/mol. The molecular formula is C17H26N2O3. The highest BCUT2D eigenvalue weighted by Crippen LogP contribution is 2.35. The Morgan fingerprint density at radius 3 is 2.45 bits per heavy atom. The third kappa shape index (κ3) is 3.71. The molecule has 5 nitrogen and oxygen atoms in total. The molecule has 1 aliphatic rings. The van der Waals surface area contributed by atoms with E-state index in [4.69, 9.17) is 15.2 Å². The van der Waals surface area contributed by atoms with E-state index in [0.717, 1.165) is 24.1 Å². The van der Waals surface area contributed by atoms with Gasteiger partial charge in [-0.25, -0.2) is 4.79 Å². The first-order valence-corrected chi connectivity index (χ1v) is 7.65. The van der Waals surface area contributed by atoms with Crippen LogP contribution in [-0.4, -0.2) is 36.8 Å². The quantitative estimate of drug-likeness (QED) is 0.853. The summed E-state index contributed by atoms with van der Waals surface area (Å²) in [6.45, 7) is 6.80. The Morgan fingerprint density at radius 1 is 1.27 bits per heavy atom. The summed E-state index contributed by atoms with van der Waals surface area (Å²) in [5.41, 5.74) is 6.53. The van der Waals surface area contributed by atoms with E-state index in [9.17, 15) is 4.79 Å². The lowest BCUT2D eigenvalue weighted by molar-refractivity contribution is -0.0733. The van der Waals surface area contributed by atoms with E-state index in [1.54, 1.807) is 12.0 Å². The van der Waals surface area contributed by atoms with Crippen molar-refractivity contribution in [3.05, 3.63) is 29.8 Å². The van der Waals surface area contributed by atoms with Gasteiger partial charge in [0.25, 0.3) is 0 Å². The standard InChI is InChI=1S/C17H26N2O3/c1-16(2,3)22-15(20)19-11-5-10-17(12-19,21-4)13-6-8-14(18)9-7-13/h6-9H,5,10-12,18H2,1-4H3. The molecule has 1 aromatic carbocycles. The summed E-state index contributed by atoms with van der Waals surface area (Å²) < 4.78 is 11.3. The summed E-state index contributed by atoms with van der Waals surface area (Å²) in [5.74, 6) is 0. The summed E-state index contributed by atoms with van der Waals surface area (Å²) in [5, 5.41) is 0. The van der Waals surface area contributed by atoms with Crippen molar-refractivity contribution in [2.75, 3.05) is 25.9 Å². The van der Waals surface area contributed by atoms with Crippen LogP contribution in [0.5, 0.6) is 0 Å². The maximum Gasteiger partial charge on any atom is 0.410 e. The van der Waals surface area contributed by atoms with Gasteiger partial charge in [-0.15, -0.1) is 0 Å². The number of carbonyl (C=O) groups is 1. The Morgan fingerprint density at radius 2 is 1.91 bits per heavy atom. The highest BCUT2D eigenvalue weighted by molar-refractivity contribution is 5.68. The predicted octanol–water partition coefficient (Wildman–Crippen LogP) is 3.14. The molecule has 2 rings (SSSR count). The SMILES string of the molecule is COC1(c2ccc(N)cc2)CCCN(C(=O)OC(C)(C)C)C1. The van der Waals surface area contributed by atoms with Crippen molar-refractivity contribution in [3.8, 4) is 0 Å².